The maximum absolute atomic E-state index is 6.23. The molecule has 2 aromatic rings. The highest BCUT2D eigenvalue weighted by Gasteiger charge is 2.39. The molecule has 4 rings (SSSR count). The fourth-order valence-corrected chi connectivity index (χ4v) is 5.57. The molecule has 1 aromatic heterocycles. The average molecular weight is 411 g/mol. The zero-order valence-corrected chi connectivity index (χ0v) is 18.8. The molecule has 0 saturated carbocycles. The van der Waals surface area contributed by atoms with Crippen molar-refractivity contribution in [2.45, 2.75) is 83.2 Å². The quantitative estimate of drug-likeness (QED) is 0.412. The number of fused-ring (bicyclic) bond motifs is 3. The summed E-state index contributed by atoms with van der Waals surface area (Å²) in [5.74, 6) is 2.58. The summed E-state index contributed by atoms with van der Waals surface area (Å²) < 4.78 is 11.6. The number of pyridine rings is 1. The second kappa shape index (κ2) is 10.5. The molecule has 2 saturated heterocycles. The van der Waals surface area contributed by atoms with E-state index in [0.29, 0.717) is 0 Å². The number of piperidine rings is 1. The SMILES string of the molecule is CCCCCCCN1[C@@H]2CC[C@H]1CC(CCOc1ccnc3ccc(OC)cc13)C2. The summed E-state index contributed by atoms with van der Waals surface area (Å²) in [6, 6.07) is 9.60. The fourth-order valence-electron chi connectivity index (χ4n) is 5.57. The standard InChI is InChI=1S/C26H38N2O2/c1-3-4-5-6-7-15-28-21-8-9-22(28)18-20(17-21)13-16-30-26-12-14-27-25-11-10-23(29-2)19-24(25)26/h10-12,14,19-22H,3-9,13,15-18H2,1-2H3/t20?,21-,22+. The molecule has 0 aliphatic carbocycles. The first kappa shape index (κ1) is 21.4. The van der Waals surface area contributed by atoms with E-state index in [2.05, 4.69) is 16.8 Å². The predicted octanol–water partition coefficient (Wildman–Crippen LogP) is 6.23. The van der Waals surface area contributed by atoms with Gasteiger partial charge in [0.15, 0.2) is 0 Å². The molecule has 0 spiro atoms. The van der Waals surface area contributed by atoms with Crippen LogP contribution in [0.15, 0.2) is 30.5 Å². The number of aromatic nitrogens is 1. The average Bonchev–Trinajstić information content (AvgIpc) is 3.01. The van der Waals surface area contributed by atoms with Crippen molar-refractivity contribution in [2.24, 2.45) is 5.92 Å². The largest absolute Gasteiger partial charge is 0.497 e. The van der Waals surface area contributed by atoms with Gasteiger partial charge in [0.2, 0.25) is 0 Å². The van der Waals surface area contributed by atoms with Crippen LogP contribution in [-0.4, -0.2) is 42.2 Å². The van der Waals surface area contributed by atoms with Crippen LogP contribution < -0.4 is 9.47 Å². The molecule has 30 heavy (non-hydrogen) atoms. The highest BCUT2D eigenvalue weighted by molar-refractivity contribution is 5.86. The Kier molecular flexibility index (Phi) is 7.48. The van der Waals surface area contributed by atoms with Crippen LogP contribution >= 0.6 is 0 Å². The Morgan fingerprint density at radius 2 is 1.83 bits per heavy atom. The van der Waals surface area contributed by atoms with Gasteiger partial charge >= 0.3 is 0 Å². The topological polar surface area (TPSA) is 34.6 Å². The van der Waals surface area contributed by atoms with Crippen molar-refractivity contribution < 1.29 is 9.47 Å². The van der Waals surface area contributed by atoms with Gasteiger partial charge in [-0.1, -0.05) is 32.6 Å². The van der Waals surface area contributed by atoms with E-state index in [9.17, 15) is 0 Å². The molecule has 0 amide bonds. The Morgan fingerprint density at radius 1 is 1.03 bits per heavy atom. The second-order valence-corrected chi connectivity index (χ2v) is 9.20. The van der Waals surface area contributed by atoms with Gasteiger partial charge in [-0.25, -0.2) is 0 Å². The lowest BCUT2D eigenvalue weighted by Gasteiger charge is -2.39. The van der Waals surface area contributed by atoms with Crippen molar-refractivity contribution in [1.82, 2.24) is 9.88 Å². The van der Waals surface area contributed by atoms with Gasteiger partial charge in [0.25, 0.3) is 0 Å². The molecule has 0 radical (unpaired) electrons. The van der Waals surface area contributed by atoms with Crippen molar-refractivity contribution in [3.05, 3.63) is 30.5 Å². The number of hydrogen-bond acceptors (Lipinski definition) is 4. The Labute approximate surface area is 182 Å². The smallest absolute Gasteiger partial charge is 0.130 e. The number of hydrogen-bond donors (Lipinski definition) is 0. The Bertz CT molecular complexity index is 795. The molecule has 1 aromatic carbocycles. The molecule has 2 bridgehead atoms. The minimum Gasteiger partial charge on any atom is -0.497 e. The van der Waals surface area contributed by atoms with Gasteiger partial charge in [0.1, 0.15) is 11.5 Å². The van der Waals surface area contributed by atoms with Crippen LogP contribution in [0.5, 0.6) is 11.5 Å². The van der Waals surface area contributed by atoms with Crippen molar-refractivity contribution >= 4 is 10.9 Å². The third-order valence-corrected chi connectivity index (χ3v) is 7.19. The maximum atomic E-state index is 6.23. The molecule has 164 valence electrons. The van der Waals surface area contributed by atoms with Gasteiger partial charge in [-0.15, -0.1) is 0 Å². The van der Waals surface area contributed by atoms with Crippen molar-refractivity contribution in [1.29, 1.82) is 0 Å². The summed E-state index contributed by atoms with van der Waals surface area (Å²) in [4.78, 5) is 7.30. The summed E-state index contributed by atoms with van der Waals surface area (Å²) in [5.41, 5.74) is 0.957. The zero-order chi connectivity index (χ0) is 20.8. The molecule has 2 fully saturated rings. The van der Waals surface area contributed by atoms with Crippen LogP contribution in [0.1, 0.15) is 71.1 Å². The number of nitrogens with zero attached hydrogens (tertiary/aromatic N) is 2. The van der Waals surface area contributed by atoms with Gasteiger partial charge in [-0.3, -0.25) is 9.88 Å². The summed E-state index contributed by atoms with van der Waals surface area (Å²) in [6.07, 6.45) is 15.5. The summed E-state index contributed by atoms with van der Waals surface area (Å²) in [5, 5.41) is 1.04. The van der Waals surface area contributed by atoms with Gasteiger partial charge in [-0.2, -0.15) is 0 Å². The fraction of sp³-hybridized carbons (Fsp3) is 0.654. The number of unbranched alkanes of at least 4 members (excludes halogenated alkanes) is 4. The molecular weight excluding hydrogens is 372 g/mol. The third-order valence-electron chi connectivity index (χ3n) is 7.19. The van der Waals surface area contributed by atoms with E-state index in [1.807, 2.05) is 30.5 Å². The van der Waals surface area contributed by atoms with Crippen LogP contribution in [-0.2, 0) is 0 Å². The van der Waals surface area contributed by atoms with Crippen molar-refractivity contribution in [3.63, 3.8) is 0 Å². The van der Waals surface area contributed by atoms with E-state index in [1.54, 1.807) is 7.11 Å². The molecule has 3 atom stereocenters. The third kappa shape index (κ3) is 5.08. The molecule has 4 heteroatoms. The van der Waals surface area contributed by atoms with E-state index < -0.39 is 0 Å². The molecule has 3 heterocycles. The second-order valence-electron chi connectivity index (χ2n) is 9.20. The Balaban J connectivity index is 1.26. The first-order valence-corrected chi connectivity index (χ1v) is 12.1. The van der Waals surface area contributed by atoms with Crippen LogP contribution in [0.4, 0.5) is 0 Å². The van der Waals surface area contributed by atoms with Crippen LogP contribution in [0.3, 0.4) is 0 Å². The molecular formula is C26H38N2O2. The zero-order valence-electron chi connectivity index (χ0n) is 18.8. The monoisotopic (exact) mass is 410 g/mol. The van der Waals surface area contributed by atoms with Crippen LogP contribution in [0.25, 0.3) is 10.9 Å². The molecule has 1 unspecified atom stereocenters. The highest BCUT2D eigenvalue weighted by atomic mass is 16.5. The maximum Gasteiger partial charge on any atom is 0.130 e. The van der Waals surface area contributed by atoms with E-state index in [-0.39, 0.29) is 0 Å². The highest BCUT2D eigenvalue weighted by Crippen LogP contribution is 2.40. The van der Waals surface area contributed by atoms with Crippen LogP contribution in [0, 0.1) is 5.92 Å². The summed E-state index contributed by atoms with van der Waals surface area (Å²) in [6.45, 7) is 4.41. The lowest BCUT2D eigenvalue weighted by molar-refractivity contribution is 0.0914. The summed E-state index contributed by atoms with van der Waals surface area (Å²) >= 11 is 0. The number of ether oxygens (including phenoxy) is 2. The first-order chi connectivity index (χ1) is 14.8. The molecule has 4 nitrogen and oxygen atoms in total. The van der Waals surface area contributed by atoms with Crippen molar-refractivity contribution in [3.8, 4) is 11.5 Å². The van der Waals surface area contributed by atoms with E-state index in [0.717, 1.165) is 53.4 Å². The van der Waals surface area contributed by atoms with Gasteiger partial charge < -0.3 is 9.47 Å². The normalized spacial score (nSPS) is 23.7. The van der Waals surface area contributed by atoms with E-state index >= 15 is 0 Å². The van der Waals surface area contributed by atoms with Crippen LogP contribution in [0.2, 0.25) is 0 Å². The lowest BCUT2D eigenvalue weighted by atomic mass is 9.88. The number of benzene rings is 1. The Hall–Kier alpha value is -1.81. The molecule has 2 aliphatic heterocycles. The lowest BCUT2D eigenvalue weighted by Crippen LogP contribution is -2.43. The molecule has 2 aliphatic rings. The van der Waals surface area contributed by atoms with E-state index in [1.165, 1.54) is 64.3 Å². The van der Waals surface area contributed by atoms with Gasteiger partial charge in [0.05, 0.1) is 19.2 Å². The minimum atomic E-state index is 0.789. The summed E-state index contributed by atoms with van der Waals surface area (Å²) in [7, 11) is 1.70. The first-order valence-electron chi connectivity index (χ1n) is 12.1. The molecule has 0 N–H and O–H groups in total. The minimum absolute atomic E-state index is 0.789. The number of methoxy groups -OCH3 is 1. The van der Waals surface area contributed by atoms with Crippen molar-refractivity contribution in [2.75, 3.05) is 20.3 Å². The van der Waals surface area contributed by atoms with Gasteiger partial charge in [-0.05, 0) is 75.3 Å². The Morgan fingerprint density at radius 3 is 2.60 bits per heavy atom. The van der Waals surface area contributed by atoms with E-state index in [4.69, 9.17) is 9.47 Å². The number of rotatable bonds is 11. The van der Waals surface area contributed by atoms with Gasteiger partial charge in [0, 0.05) is 23.7 Å². The predicted molar refractivity (Wildman–Crippen MR) is 123 cm³/mol.